The Morgan fingerprint density at radius 1 is 1.50 bits per heavy atom. The van der Waals surface area contributed by atoms with E-state index in [1.54, 1.807) is 0 Å². The van der Waals surface area contributed by atoms with Gasteiger partial charge in [0, 0.05) is 36.3 Å². The molecule has 0 aromatic carbocycles. The van der Waals surface area contributed by atoms with Gasteiger partial charge in [-0.3, -0.25) is 4.79 Å². The first-order valence-electron chi connectivity index (χ1n) is 7.61. The first kappa shape index (κ1) is 15.5. The number of carbonyl (C=O) groups excluding carboxylic acids is 1. The first-order chi connectivity index (χ1) is 9.63. The second-order valence-electron chi connectivity index (χ2n) is 5.88. The molecule has 1 aromatic heterocycles. The van der Waals surface area contributed by atoms with Crippen LogP contribution in [0.4, 0.5) is 0 Å². The monoisotopic (exact) mass is 294 g/mol. The number of rotatable bonds is 5. The van der Waals surface area contributed by atoms with Gasteiger partial charge in [-0.2, -0.15) is 0 Å². The Hall–Kier alpha value is -0.870. The maximum Gasteiger partial charge on any atom is 0.222 e. The van der Waals surface area contributed by atoms with Crippen molar-refractivity contribution in [3.05, 3.63) is 22.4 Å². The van der Waals surface area contributed by atoms with E-state index in [9.17, 15) is 4.79 Å². The van der Waals surface area contributed by atoms with Crippen molar-refractivity contribution in [1.82, 2.24) is 9.80 Å². The summed E-state index contributed by atoms with van der Waals surface area (Å²) in [5.41, 5.74) is 0. The summed E-state index contributed by atoms with van der Waals surface area (Å²) in [5.74, 6) is 0.801. The maximum atomic E-state index is 12.3. The van der Waals surface area contributed by atoms with Crippen molar-refractivity contribution >= 4 is 17.2 Å². The third-order valence-corrected chi connectivity index (χ3v) is 5.25. The molecule has 0 saturated carbocycles. The molecule has 2 unspecified atom stereocenters. The number of nitrogens with zero attached hydrogens (tertiary/aromatic N) is 2. The van der Waals surface area contributed by atoms with Crippen LogP contribution in [0.25, 0.3) is 0 Å². The number of likely N-dealkylation sites (tertiary alicyclic amines) is 1. The summed E-state index contributed by atoms with van der Waals surface area (Å²) in [6.07, 6.45) is 3.89. The van der Waals surface area contributed by atoms with Crippen LogP contribution in [0.2, 0.25) is 0 Å². The zero-order valence-electron chi connectivity index (χ0n) is 12.8. The number of thiophene rings is 1. The Kier molecular flexibility index (Phi) is 5.61. The van der Waals surface area contributed by atoms with E-state index in [2.05, 4.69) is 48.3 Å². The van der Waals surface area contributed by atoms with E-state index < -0.39 is 0 Å². The van der Waals surface area contributed by atoms with E-state index in [0.29, 0.717) is 24.3 Å². The zero-order chi connectivity index (χ0) is 14.5. The van der Waals surface area contributed by atoms with Gasteiger partial charge >= 0.3 is 0 Å². The van der Waals surface area contributed by atoms with Gasteiger partial charge in [0.05, 0.1) is 0 Å². The average molecular weight is 294 g/mol. The fourth-order valence-corrected chi connectivity index (χ4v) is 3.93. The fraction of sp³-hybridized carbons (Fsp3) is 0.688. The Labute approximate surface area is 126 Å². The minimum absolute atomic E-state index is 0.339. The third-order valence-electron chi connectivity index (χ3n) is 4.25. The molecule has 2 heterocycles. The molecule has 1 saturated heterocycles. The lowest BCUT2D eigenvalue weighted by atomic mass is 9.89. The van der Waals surface area contributed by atoms with Crippen LogP contribution in [0.3, 0.4) is 0 Å². The van der Waals surface area contributed by atoms with Gasteiger partial charge in [-0.15, -0.1) is 11.3 Å². The van der Waals surface area contributed by atoms with Gasteiger partial charge < -0.3 is 9.80 Å². The van der Waals surface area contributed by atoms with Gasteiger partial charge in [0.15, 0.2) is 0 Å². The Bertz CT molecular complexity index is 416. The molecule has 0 N–H and O–H groups in total. The molecule has 1 aliphatic rings. The Balaban J connectivity index is 2.06. The predicted octanol–water partition coefficient (Wildman–Crippen LogP) is 3.18. The lowest BCUT2D eigenvalue weighted by Crippen LogP contribution is -2.49. The van der Waals surface area contributed by atoms with Crippen LogP contribution in [0, 0.1) is 0 Å². The van der Waals surface area contributed by atoms with E-state index in [4.69, 9.17) is 0 Å². The smallest absolute Gasteiger partial charge is 0.222 e. The van der Waals surface area contributed by atoms with E-state index in [1.165, 1.54) is 4.88 Å². The van der Waals surface area contributed by atoms with Gasteiger partial charge in [-0.25, -0.2) is 0 Å². The molecule has 4 heteroatoms. The first-order valence-corrected chi connectivity index (χ1v) is 8.49. The minimum Gasteiger partial charge on any atom is -0.342 e. The summed E-state index contributed by atoms with van der Waals surface area (Å²) in [6.45, 7) is 3.93. The standard InChI is InChI=1S/C16H26N2OS/c1-4-5-8-16(19)18-10-9-14(17(2)3)13(12-18)15-7-6-11-20-15/h6-7,11,13-14H,4-5,8-10,12H2,1-3H3. The molecule has 0 spiro atoms. The molecular weight excluding hydrogens is 268 g/mol. The van der Waals surface area contributed by atoms with Crippen molar-refractivity contribution in [2.75, 3.05) is 27.2 Å². The van der Waals surface area contributed by atoms with Crippen LogP contribution in [0.5, 0.6) is 0 Å². The third kappa shape index (κ3) is 3.61. The Morgan fingerprint density at radius 3 is 2.90 bits per heavy atom. The predicted molar refractivity (Wildman–Crippen MR) is 85.3 cm³/mol. The van der Waals surface area contributed by atoms with Crippen LogP contribution in [-0.2, 0) is 4.79 Å². The van der Waals surface area contributed by atoms with Gasteiger partial charge in [-0.1, -0.05) is 19.4 Å². The molecule has 1 fully saturated rings. The van der Waals surface area contributed by atoms with Crippen molar-refractivity contribution in [3.8, 4) is 0 Å². The fourth-order valence-electron chi connectivity index (χ4n) is 3.05. The van der Waals surface area contributed by atoms with E-state index in [-0.39, 0.29) is 0 Å². The topological polar surface area (TPSA) is 23.6 Å². The van der Waals surface area contributed by atoms with Gasteiger partial charge in [-0.05, 0) is 38.4 Å². The molecule has 20 heavy (non-hydrogen) atoms. The number of unbranched alkanes of at least 4 members (excludes halogenated alkanes) is 1. The summed E-state index contributed by atoms with van der Waals surface area (Å²) in [5, 5.41) is 2.14. The molecule has 0 radical (unpaired) electrons. The largest absolute Gasteiger partial charge is 0.342 e. The highest BCUT2D eigenvalue weighted by Gasteiger charge is 2.33. The van der Waals surface area contributed by atoms with Crippen molar-refractivity contribution in [2.24, 2.45) is 0 Å². The normalized spacial score (nSPS) is 23.3. The number of carbonyl (C=O) groups is 1. The van der Waals surface area contributed by atoms with Crippen molar-refractivity contribution < 1.29 is 4.79 Å². The minimum atomic E-state index is 0.339. The number of amides is 1. The second kappa shape index (κ2) is 7.23. The molecule has 0 bridgehead atoms. The molecule has 112 valence electrons. The van der Waals surface area contributed by atoms with Crippen molar-refractivity contribution in [1.29, 1.82) is 0 Å². The van der Waals surface area contributed by atoms with Crippen LogP contribution < -0.4 is 0 Å². The molecule has 1 aliphatic heterocycles. The van der Waals surface area contributed by atoms with Gasteiger partial charge in [0.2, 0.25) is 5.91 Å². The van der Waals surface area contributed by atoms with Crippen molar-refractivity contribution in [3.63, 3.8) is 0 Å². The number of likely N-dealkylation sites (N-methyl/N-ethyl adjacent to an activating group) is 1. The number of hydrogen-bond donors (Lipinski definition) is 0. The summed E-state index contributed by atoms with van der Waals surface area (Å²) < 4.78 is 0. The van der Waals surface area contributed by atoms with Crippen LogP contribution in [0.15, 0.2) is 17.5 Å². The highest BCUT2D eigenvalue weighted by Crippen LogP contribution is 2.32. The molecule has 1 amide bonds. The summed E-state index contributed by atoms with van der Waals surface area (Å²) in [4.78, 5) is 18.1. The number of piperidine rings is 1. The number of hydrogen-bond acceptors (Lipinski definition) is 3. The summed E-state index contributed by atoms with van der Waals surface area (Å²) in [7, 11) is 4.31. The highest BCUT2D eigenvalue weighted by atomic mass is 32.1. The maximum absolute atomic E-state index is 12.3. The highest BCUT2D eigenvalue weighted by molar-refractivity contribution is 7.10. The molecule has 2 rings (SSSR count). The molecule has 0 aliphatic carbocycles. The SMILES string of the molecule is CCCCC(=O)N1CCC(N(C)C)C(c2cccs2)C1. The quantitative estimate of drug-likeness (QED) is 0.832. The molecular formula is C16H26N2OS. The van der Waals surface area contributed by atoms with Crippen molar-refractivity contribution in [2.45, 2.75) is 44.6 Å². The summed E-state index contributed by atoms with van der Waals surface area (Å²) in [6, 6.07) is 4.88. The van der Waals surface area contributed by atoms with Gasteiger partial charge in [0.25, 0.3) is 0 Å². The molecule has 2 atom stereocenters. The lowest BCUT2D eigenvalue weighted by molar-refractivity contribution is -0.133. The van der Waals surface area contributed by atoms with Gasteiger partial charge in [0.1, 0.15) is 0 Å². The molecule has 1 aromatic rings. The Morgan fingerprint density at radius 2 is 2.30 bits per heavy atom. The van der Waals surface area contributed by atoms with E-state index in [0.717, 1.165) is 32.4 Å². The molecule has 3 nitrogen and oxygen atoms in total. The van der Waals surface area contributed by atoms with Crippen LogP contribution in [0.1, 0.15) is 43.4 Å². The lowest BCUT2D eigenvalue weighted by Gasteiger charge is -2.41. The van der Waals surface area contributed by atoms with Crippen LogP contribution >= 0.6 is 11.3 Å². The average Bonchev–Trinajstić information content (AvgIpc) is 2.98. The van der Waals surface area contributed by atoms with Crippen LogP contribution in [-0.4, -0.2) is 48.9 Å². The van der Waals surface area contributed by atoms with E-state index >= 15 is 0 Å². The zero-order valence-corrected chi connectivity index (χ0v) is 13.7. The van der Waals surface area contributed by atoms with E-state index in [1.807, 2.05) is 11.3 Å². The second-order valence-corrected chi connectivity index (χ2v) is 6.86. The summed E-state index contributed by atoms with van der Waals surface area (Å²) >= 11 is 1.82.